The topological polar surface area (TPSA) is 54.4 Å². The second kappa shape index (κ2) is 12.2. The summed E-state index contributed by atoms with van der Waals surface area (Å²) in [5, 5.41) is 14.5. The Morgan fingerprint density at radius 3 is 2.44 bits per heavy atom. The van der Waals surface area contributed by atoms with Crippen LogP contribution in [0.1, 0.15) is 37.0 Å². The molecule has 2 unspecified atom stereocenters. The number of likely N-dealkylation sites (tertiary alicyclic amines) is 1. The molecule has 4 rings (SSSR count). The molecule has 0 radical (unpaired) electrons. The second-order valence-corrected chi connectivity index (χ2v) is 10.3. The summed E-state index contributed by atoms with van der Waals surface area (Å²) in [4.78, 5) is 2.37. The van der Waals surface area contributed by atoms with Crippen molar-refractivity contribution in [2.24, 2.45) is 0 Å². The van der Waals surface area contributed by atoms with E-state index in [9.17, 15) is 17.6 Å². The van der Waals surface area contributed by atoms with Crippen LogP contribution in [0, 0.1) is 12.3 Å². The molecule has 0 aromatic heterocycles. The maximum atomic E-state index is 15.4. The smallest absolute Gasteiger partial charge is 0.320 e. The molecule has 1 fully saturated rings. The summed E-state index contributed by atoms with van der Waals surface area (Å²) in [6.07, 6.45) is -1.04. The molecule has 0 spiro atoms. The van der Waals surface area contributed by atoms with Crippen molar-refractivity contribution in [3.05, 3.63) is 95.8 Å². The first kappa shape index (κ1) is 29.9. The van der Waals surface area contributed by atoms with Crippen molar-refractivity contribution in [2.75, 3.05) is 28.6 Å². The predicted octanol–water partition coefficient (Wildman–Crippen LogP) is 8.26. The van der Waals surface area contributed by atoms with Gasteiger partial charge in [0.15, 0.2) is 0 Å². The highest BCUT2D eigenvalue weighted by Gasteiger charge is 2.33. The molecule has 1 heterocycles. The second-order valence-electron chi connectivity index (χ2n) is 10.3. The Kier molecular flexibility index (Phi) is 8.89. The van der Waals surface area contributed by atoms with Gasteiger partial charge in [0.2, 0.25) is 0 Å². The number of nitrogens with one attached hydrogen (secondary N) is 3. The largest absolute Gasteiger partial charge is 0.379 e. The van der Waals surface area contributed by atoms with Crippen LogP contribution in [0.3, 0.4) is 0 Å². The van der Waals surface area contributed by atoms with E-state index in [1.807, 2.05) is 0 Å². The average Bonchev–Trinajstić information content (AvgIpc) is 2.91. The summed E-state index contributed by atoms with van der Waals surface area (Å²) < 4.78 is 71.1. The minimum absolute atomic E-state index is 0.0393. The van der Waals surface area contributed by atoms with Crippen LogP contribution in [-0.2, 0) is 5.92 Å². The number of benzene rings is 3. The standard InChI is InChI=1S/C31H34F5N5/c1-19-8-5-6-11-29(19)41(30(33)34)21(3)40-15-14-28(26(32)18-40)39-24-12-13-27(25(17-24)20(2)37)38-23-10-7-9-22(16-23)31(4,35)36/h5-13,16-17,26,28,30,37-39H,3,14-15,18H2,1-2,4H3. The van der Waals surface area contributed by atoms with E-state index in [4.69, 9.17) is 5.41 Å². The molecule has 1 aliphatic heterocycles. The number of hydrogen-bond acceptors (Lipinski definition) is 5. The summed E-state index contributed by atoms with van der Waals surface area (Å²) in [6, 6.07) is 17.2. The summed E-state index contributed by atoms with van der Waals surface area (Å²) >= 11 is 0. The minimum Gasteiger partial charge on any atom is -0.379 e. The molecule has 3 aromatic rings. The first-order chi connectivity index (χ1) is 19.3. The molecular weight excluding hydrogens is 537 g/mol. The molecule has 0 saturated carbocycles. The van der Waals surface area contributed by atoms with Crippen molar-refractivity contribution in [2.45, 2.75) is 51.9 Å². The van der Waals surface area contributed by atoms with Crippen molar-refractivity contribution >= 4 is 28.5 Å². The highest BCUT2D eigenvalue weighted by atomic mass is 19.3. The molecule has 0 aliphatic carbocycles. The molecule has 1 saturated heterocycles. The number of aryl methyl sites for hydroxylation is 1. The molecule has 5 nitrogen and oxygen atoms in total. The Labute approximate surface area is 237 Å². The fraction of sp³-hybridized carbons (Fsp3) is 0.323. The van der Waals surface area contributed by atoms with Gasteiger partial charge in [0.05, 0.1) is 18.3 Å². The van der Waals surface area contributed by atoms with E-state index in [-0.39, 0.29) is 23.6 Å². The van der Waals surface area contributed by atoms with Gasteiger partial charge in [-0.1, -0.05) is 36.9 Å². The average molecular weight is 572 g/mol. The number of para-hydroxylation sites is 1. The number of piperidine rings is 1. The minimum atomic E-state index is -2.99. The highest BCUT2D eigenvalue weighted by Crippen LogP contribution is 2.33. The number of anilines is 4. The lowest BCUT2D eigenvalue weighted by Gasteiger charge is -2.41. The van der Waals surface area contributed by atoms with Gasteiger partial charge < -0.3 is 20.9 Å². The van der Waals surface area contributed by atoms with E-state index in [0.29, 0.717) is 46.8 Å². The first-order valence-corrected chi connectivity index (χ1v) is 13.3. The predicted molar refractivity (Wildman–Crippen MR) is 156 cm³/mol. The van der Waals surface area contributed by atoms with Gasteiger partial charge in [-0.15, -0.1) is 0 Å². The molecule has 2 atom stereocenters. The zero-order valence-electron chi connectivity index (χ0n) is 23.2. The first-order valence-electron chi connectivity index (χ1n) is 13.3. The van der Waals surface area contributed by atoms with Gasteiger partial charge in [0.1, 0.15) is 12.0 Å². The lowest BCUT2D eigenvalue weighted by molar-refractivity contribution is 0.0175. The van der Waals surface area contributed by atoms with E-state index in [1.165, 1.54) is 23.1 Å². The van der Waals surface area contributed by atoms with Crippen molar-refractivity contribution in [1.82, 2.24) is 4.90 Å². The Bertz CT molecular complexity index is 1400. The van der Waals surface area contributed by atoms with Crippen LogP contribution in [0.25, 0.3) is 0 Å². The molecule has 3 N–H and O–H groups in total. The summed E-state index contributed by atoms with van der Waals surface area (Å²) in [6.45, 7) is 5.40. The van der Waals surface area contributed by atoms with Gasteiger partial charge in [0, 0.05) is 47.4 Å². The SMILES string of the molecule is C=C(N1CCC(Nc2ccc(Nc3cccc(C(C)(F)F)c3)c(C(C)=N)c2)C(F)C1)N(c1ccccc1C)C(F)F. The Hall–Kier alpha value is -4.08. The van der Waals surface area contributed by atoms with Crippen molar-refractivity contribution in [3.63, 3.8) is 0 Å². The van der Waals surface area contributed by atoms with Gasteiger partial charge in [-0.2, -0.15) is 8.78 Å². The van der Waals surface area contributed by atoms with E-state index < -0.39 is 24.7 Å². The highest BCUT2D eigenvalue weighted by molar-refractivity contribution is 6.03. The zero-order valence-corrected chi connectivity index (χ0v) is 23.2. The molecule has 10 heteroatoms. The molecule has 41 heavy (non-hydrogen) atoms. The van der Waals surface area contributed by atoms with Crippen LogP contribution in [0.2, 0.25) is 0 Å². The lowest BCUT2D eigenvalue weighted by Crippen LogP contribution is -2.50. The van der Waals surface area contributed by atoms with E-state index in [0.717, 1.165) is 11.8 Å². The van der Waals surface area contributed by atoms with Crippen LogP contribution < -0.4 is 15.5 Å². The van der Waals surface area contributed by atoms with Crippen LogP contribution in [0.15, 0.2) is 79.1 Å². The van der Waals surface area contributed by atoms with Crippen LogP contribution in [-0.4, -0.2) is 42.5 Å². The Morgan fingerprint density at radius 2 is 1.80 bits per heavy atom. The van der Waals surface area contributed by atoms with E-state index in [1.54, 1.807) is 62.4 Å². The fourth-order valence-corrected chi connectivity index (χ4v) is 4.94. The van der Waals surface area contributed by atoms with Crippen molar-refractivity contribution in [1.29, 1.82) is 5.41 Å². The number of nitrogens with zero attached hydrogens (tertiary/aromatic N) is 2. The summed E-state index contributed by atoms with van der Waals surface area (Å²) in [5.74, 6) is -2.95. The van der Waals surface area contributed by atoms with E-state index in [2.05, 4.69) is 17.2 Å². The van der Waals surface area contributed by atoms with Gasteiger partial charge in [0.25, 0.3) is 5.92 Å². The van der Waals surface area contributed by atoms with Crippen molar-refractivity contribution in [3.8, 4) is 0 Å². The quantitative estimate of drug-likeness (QED) is 0.130. The summed E-state index contributed by atoms with van der Waals surface area (Å²) in [7, 11) is 0. The monoisotopic (exact) mass is 571 g/mol. The third-order valence-corrected chi connectivity index (χ3v) is 7.18. The molecule has 0 amide bonds. The van der Waals surface area contributed by atoms with Gasteiger partial charge in [-0.05, 0) is 62.2 Å². The van der Waals surface area contributed by atoms with Crippen LogP contribution in [0.5, 0.6) is 0 Å². The molecule has 218 valence electrons. The van der Waals surface area contributed by atoms with Gasteiger partial charge >= 0.3 is 6.55 Å². The Balaban J connectivity index is 1.46. The van der Waals surface area contributed by atoms with Gasteiger partial charge in [-0.25, -0.2) is 13.2 Å². The Morgan fingerprint density at radius 1 is 1.07 bits per heavy atom. The van der Waals surface area contributed by atoms with Crippen LogP contribution >= 0.6 is 0 Å². The number of rotatable bonds is 10. The molecule has 0 bridgehead atoms. The fourth-order valence-electron chi connectivity index (χ4n) is 4.94. The zero-order chi connectivity index (χ0) is 29.9. The molecule has 1 aliphatic rings. The lowest BCUT2D eigenvalue weighted by atomic mass is 10.0. The maximum absolute atomic E-state index is 15.4. The number of alkyl halides is 5. The molecule has 3 aromatic carbocycles. The van der Waals surface area contributed by atoms with Crippen LogP contribution in [0.4, 0.5) is 44.7 Å². The summed E-state index contributed by atoms with van der Waals surface area (Å²) in [5.41, 5.74) is 3.19. The third kappa shape index (κ3) is 6.99. The van der Waals surface area contributed by atoms with E-state index >= 15 is 4.39 Å². The number of halogens is 5. The number of hydrogen-bond donors (Lipinski definition) is 3. The normalized spacial score (nSPS) is 17.3. The maximum Gasteiger partial charge on any atom is 0.320 e. The van der Waals surface area contributed by atoms with Crippen molar-refractivity contribution < 1.29 is 22.0 Å². The molecular formula is C31H34F5N5. The van der Waals surface area contributed by atoms with Gasteiger partial charge in [-0.3, -0.25) is 4.90 Å². The third-order valence-electron chi connectivity index (χ3n) is 7.18.